The lowest BCUT2D eigenvalue weighted by atomic mass is 9.92. The van der Waals surface area contributed by atoms with Gasteiger partial charge in [0.05, 0.1) is 18.5 Å². The van der Waals surface area contributed by atoms with Crippen LogP contribution in [0.2, 0.25) is 0 Å². The second kappa shape index (κ2) is 7.38. The highest BCUT2D eigenvalue weighted by Gasteiger charge is 2.21. The van der Waals surface area contributed by atoms with Crippen molar-refractivity contribution in [3.05, 3.63) is 36.0 Å². The van der Waals surface area contributed by atoms with Crippen LogP contribution in [0.15, 0.2) is 30.3 Å². The van der Waals surface area contributed by atoms with Crippen molar-refractivity contribution in [2.75, 3.05) is 12.4 Å². The van der Waals surface area contributed by atoms with Gasteiger partial charge in [-0.3, -0.25) is 4.79 Å². The highest BCUT2D eigenvalue weighted by molar-refractivity contribution is 5.91. The van der Waals surface area contributed by atoms with E-state index in [-0.39, 0.29) is 18.3 Å². The third-order valence-electron chi connectivity index (χ3n) is 3.62. The first kappa shape index (κ1) is 18.5. The van der Waals surface area contributed by atoms with E-state index in [1.807, 2.05) is 32.9 Å². The van der Waals surface area contributed by atoms with Gasteiger partial charge < -0.3 is 20.0 Å². The Balaban J connectivity index is 2.34. The van der Waals surface area contributed by atoms with Gasteiger partial charge in [0.2, 0.25) is 5.91 Å². The maximum absolute atomic E-state index is 12.0. The van der Waals surface area contributed by atoms with E-state index in [4.69, 9.17) is 4.74 Å². The Morgan fingerprint density at radius 1 is 1.20 bits per heavy atom. The molecule has 0 saturated carbocycles. The number of carboxylic acid groups (broad SMARTS) is 1. The fourth-order valence-corrected chi connectivity index (χ4v) is 2.18. The lowest BCUT2D eigenvalue weighted by Crippen LogP contribution is -2.24. The van der Waals surface area contributed by atoms with Crippen LogP contribution in [0.3, 0.4) is 0 Å². The molecule has 1 aromatic heterocycles. The number of carboxylic acids is 1. The highest BCUT2D eigenvalue weighted by atomic mass is 16.5. The number of aromatic nitrogens is 2. The van der Waals surface area contributed by atoms with Crippen molar-refractivity contribution in [1.82, 2.24) is 9.78 Å². The quantitative estimate of drug-likeness (QED) is 0.859. The largest absolute Gasteiger partial charge is 0.550 e. The molecule has 25 heavy (non-hydrogen) atoms. The molecule has 0 fully saturated rings. The molecule has 7 heteroatoms. The van der Waals surface area contributed by atoms with Crippen molar-refractivity contribution in [1.29, 1.82) is 0 Å². The summed E-state index contributed by atoms with van der Waals surface area (Å²) in [5, 5.41) is 17.8. The van der Waals surface area contributed by atoms with Gasteiger partial charge in [0, 0.05) is 23.9 Å². The number of anilines is 1. The second-order valence-corrected chi connectivity index (χ2v) is 6.69. The van der Waals surface area contributed by atoms with Crippen LogP contribution < -0.4 is 15.2 Å². The number of aliphatic carboxylic acids is 1. The molecular weight excluding hydrogens is 322 g/mol. The summed E-state index contributed by atoms with van der Waals surface area (Å²) in [6.45, 7) is 6.07. The molecule has 0 saturated heterocycles. The molecule has 1 aromatic carbocycles. The molecule has 0 aliphatic carbocycles. The number of amides is 1. The van der Waals surface area contributed by atoms with Gasteiger partial charge in [0.15, 0.2) is 0 Å². The Hall–Kier alpha value is -2.83. The van der Waals surface area contributed by atoms with E-state index in [9.17, 15) is 14.7 Å². The minimum atomic E-state index is -1.26. The molecule has 2 rings (SSSR count). The third-order valence-corrected chi connectivity index (χ3v) is 3.62. The van der Waals surface area contributed by atoms with Crippen molar-refractivity contribution in [2.45, 2.75) is 39.0 Å². The van der Waals surface area contributed by atoms with Crippen LogP contribution >= 0.6 is 0 Å². The zero-order chi connectivity index (χ0) is 18.6. The summed E-state index contributed by atoms with van der Waals surface area (Å²) in [5.41, 5.74) is 1.35. The zero-order valence-corrected chi connectivity index (χ0v) is 14.8. The Labute approximate surface area is 146 Å². The van der Waals surface area contributed by atoms with Gasteiger partial charge in [-0.25, -0.2) is 4.68 Å². The molecule has 0 aliphatic rings. The van der Waals surface area contributed by atoms with E-state index < -0.39 is 11.9 Å². The van der Waals surface area contributed by atoms with Crippen LogP contribution in [0.1, 0.15) is 39.3 Å². The van der Waals surface area contributed by atoms with Gasteiger partial charge in [-0.05, 0) is 30.7 Å². The van der Waals surface area contributed by atoms with E-state index in [1.165, 1.54) is 0 Å². The smallest absolute Gasteiger partial charge is 0.225 e. The third kappa shape index (κ3) is 4.82. The molecule has 0 atom stereocenters. The Bertz CT molecular complexity index is 758. The summed E-state index contributed by atoms with van der Waals surface area (Å²) >= 11 is 0. The lowest BCUT2D eigenvalue weighted by molar-refractivity contribution is -0.305. The molecule has 1 N–H and O–H groups in total. The van der Waals surface area contributed by atoms with E-state index in [2.05, 4.69) is 10.4 Å². The normalized spacial score (nSPS) is 11.2. The topological polar surface area (TPSA) is 96.3 Å². The number of rotatable bonds is 6. The molecule has 2 aromatic rings. The average molecular weight is 344 g/mol. The molecule has 0 spiro atoms. The van der Waals surface area contributed by atoms with Crippen LogP contribution in [0, 0.1) is 0 Å². The molecule has 0 aliphatic heterocycles. The van der Waals surface area contributed by atoms with Crippen LogP contribution in [-0.2, 0) is 15.0 Å². The Kier molecular flexibility index (Phi) is 5.46. The number of hydrogen-bond donors (Lipinski definition) is 1. The van der Waals surface area contributed by atoms with Crippen molar-refractivity contribution in [2.24, 2.45) is 0 Å². The van der Waals surface area contributed by atoms with Gasteiger partial charge in [-0.1, -0.05) is 20.8 Å². The molecular formula is C18H22N3O4-. The number of nitrogens with zero attached hydrogens (tertiary/aromatic N) is 2. The summed E-state index contributed by atoms with van der Waals surface area (Å²) in [4.78, 5) is 22.5. The number of carbonyl (C=O) groups excluding carboxylic acids is 2. The first-order valence-electron chi connectivity index (χ1n) is 7.95. The standard InChI is InChI=1S/C18H23N3O4/c1-18(2,3)14-11-15(19-16(22)9-10-17(23)24)21(20-14)12-5-7-13(25-4)8-6-12/h5-8,11H,9-10H2,1-4H3,(H,19,22)(H,23,24)/p-1. The van der Waals surface area contributed by atoms with Crippen molar-refractivity contribution >= 4 is 17.7 Å². The fourth-order valence-electron chi connectivity index (χ4n) is 2.18. The van der Waals surface area contributed by atoms with E-state index >= 15 is 0 Å². The summed E-state index contributed by atoms with van der Waals surface area (Å²) in [5.74, 6) is -0.460. The monoisotopic (exact) mass is 344 g/mol. The van der Waals surface area contributed by atoms with Crippen LogP contribution in [0.5, 0.6) is 5.75 Å². The van der Waals surface area contributed by atoms with Gasteiger partial charge in [-0.2, -0.15) is 5.10 Å². The second-order valence-electron chi connectivity index (χ2n) is 6.69. The molecule has 0 unspecified atom stereocenters. The summed E-state index contributed by atoms with van der Waals surface area (Å²) in [6, 6.07) is 9.05. The predicted octanol–water partition coefficient (Wildman–Crippen LogP) is 1.65. The number of hydrogen-bond acceptors (Lipinski definition) is 5. The van der Waals surface area contributed by atoms with Crippen LogP contribution in [-0.4, -0.2) is 28.8 Å². The van der Waals surface area contributed by atoms with Gasteiger partial charge >= 0.3 is 0 Å². The average Bonchev–Trinajstić information content (AvgIpc) is 2.97. The predicted molar refractivity (Wildman–Crippen MR) is 91.7 cm³/mol. The van der Waals surface area contributed by atoms with Gasteiger partial charge in [0.25, 0.3) is 0 Å². The fraction of sp³-hybridized carbons (Fsp3) is 0.389. The summed E-state index contributed by atoms with van der Waals surface area (Å²) < 4.78 is 6.77. The lowest BCUT2D eigenvalue weighted by Gasteiger charge is -2.14. The molecule has 1 amide bonds. The van der Waals surface area contributed by atoms with E-state index in [1.54, 1.807) is 30.0 Å². The van der Waals surface area contributed by atoms with E-state index in [0.29, 0.717) is 11.6 Å². The molecule has 134 valence electrons. The number of ether oxygens (including phenoxy) is 1. The molecule has 7 nitrogen and oxygen atoms in total. The Morgan fingerprint density at radius 2 is 1.84 bits per heavy atom. The maximum Gasteiger partial charge on any atom is 0.225 e. The number of benzene rings is 1. The minimum Gasteiger partial charge on any atom is -0.550 e. The number of carbonyl (C=O) groups is 2. The zero-order valence-electron chi connectivity index (χ0n) is 14.8. The van der Waals surface area contributed by atoms with Crippen molar-refractivity contribution in [3.8, 4) is 11.4 Å². The minimum absolute atomic E-state index is 0.152. The number of nitrogens with one attached hydrogen (secondary N) is 1. The van der Waals surface area contributed by atoms with Gasteiger partial charge in [0.1, 0.15) is 11.6 Å². The molecule has 0 bridgehead atoms. The first-order valence-corrected chi connectivity index (χ1v) is 7.95. The molecule has 1 heterocycles. The van der Waals surface area contributed by atoms with E-state index in [0.717, 1.165) is 11.4 Å². The van der Waals surface area contributed by atoms with Crippen LogP contribution in [0.4, 0.5) is 5.82 Å². The molecule has 0 radical (unpaired) electrons. The van der Waals surface area contributed by atoms with Gasteiger partial charge in [-0.15, -0.1) is 0 Å². The summed E-state index contributed by atoms with van der Waals surface area (Å²) in [6.07, 6.45) is -0.477. The Morgan fingerprint density at radius 3 is 2.36 bits per heavy atom. The highest BCUT2D eigenvalue weighted by Crippen LogP contribution is 2.27. The maximum atomic E-state index is 12.0. The van der Waals surface area contributed by atoms with Crippen molar-refractivity contribution < 1.29 is 19.4 Å². The van der Waals surface area contributed by atoms with Crippen LogP contribution in [0.25, 0.3) is 5.69 Å². The number of methoxy groups -OCH3 is 1. The van der Waals surface area contributed by atoms with Crippen molar-refractivity contribution in [3.63, 3.8) is 0 Å². The summed E-state index contributed by atoms with van der Waals surface area (Å²) in [7, 11) is 1.59. The SMILES string of the molecule is COc1ccc(-n2nc(C(C)(C)C)cc2NC(=O)CCC(=O)[O-])cc1. The first-order chi connectivity index (χ1) is 11.7.